The molecule has 6 heteroatoms. The number of aryl methyl sites for hydroxylation is 3. The maximum Gasteiger partial charge on any atom is 0.243 e. The zero-order chi connectivity index (χ0) is 16.1. The molecule has 1 heterocycles. The van der Waals surface area contributed by atoms with Crippen molar-refractivity contribution in [1.82, 2.24) is 4.31 Å². The van der Waals surface area contributed by atoms with Gasteiger partial charge in [-0.15, -0.1) is 12.4 Å². The minimum Gasteiger partial charge on any atom is -0.327 e. The highest BCUT2D eigenvalue weighted by molar-refractivity contribution is 7.89. The molecule has 130 valence electrons. The number of fused-ring (bicyclic) bond motifs is 1. The average Bonchev–Trinajstić information content (AvgIpc) is 2.83. The second-order valence-electron chi connectivity index (χ2n) is 7.07. The van der Waals surface area contributed by atoms with E-state index in [0.717, 1.165) is 36.0 Å². The van der Waals surface area contributed by atoms with Crippen LogP contribution in [0.2, 0.25) is 0 Å². The molecule has 4 nitrogen and oxygen atoms in total. The van der Waals surface area contributed by atoms with Gasteiger partial charge in [-0.3, -0.25) is 0 Å². The standard InChI is InChI=1S/C17H26N2O2S.ClH/c1-11-7-12(2)17(13(3)8-11)22(20,21)19-9-14-5-4-6-16(18)15(14)10-19;/h7-8,14-16H,4-6,9-10,18H2,1-3H3;1H. The van der Waals surface area contributed by atoms with Crippen LogP contribution in [0.15, 0.2) is 17.0 Å². The molecule has 2 fully saturated rings. The number of halogens is 1. The molecule has 1 aromatic carbocycles. The molecule has 1 aliphatic carbocycles. The topological polar surface area (TPSA) is 63.4 Å². The molecule has 0 radical (unpaired) electrons. The number of nitrogens with zero attached hydrogens (tertiary/aromatic N) is 1. The van der Waals surface area contributed by atoms with Gasteiger partial charge >= 0.3 is 0 Å². The molecule has 2 N–H and O–H groups in total. The third-order valence-corrected chi connectivity index (χ3v) is 7.46. The van der Waals surface area contributed by atoms with Crippen molar-refractivity contribution in [3.05, 3.63) is 28.8 Å². The zero-order valence-corrected chi connectivity index (χ0v) is 15.7. The lowest BCUT2D eigenvalue weighted by molar-refractivity contribution is 0.260. The summed E-state index contributed by atoms with van der Waals surface area (Å²) in [7, 11) is -3.42. The van der Waals surface area contributed by atoms with Gasteiger partial charge in [-0.05, 0) is 56.6 Å². The monoisotopic (exact) mass is 358 g/mol. The molecule has 0 spiro atoms. The molecule has 3 unspecified atom stereocenters. The fourth-order valence-electron chi connectivity index (χ4n) is 4.37. The summed E-state index contributed by atoms with van der Waals surface area (Å²) >= 11 is 0. The molecule has 1 saturated heterocycles. The Bertz CT molecular complexity index is 667. The zero-order valence-electron chi connectivity index (χ0n) is 14.1. The van der Waals surface area contributed by atoms with Crippen LogP contribution >= 0.6 is 12.4 Å². The first-order valence-electron chi connectivity index (χ1n) is 8.14. The number of hydrogen-bond donors (Lipinski definition) is 1. The van der Waals surface area contributed by atoms with Gasteiger partial charge < -0.3 is 5.73 Å². The van der Waals surface area contributed by atoms with Crippen LogP contribution < -0.4 is 5.73 Å². The summed E-state index contributed by atoms with van der Waals surface area (Å²) < 4.78 is 27.9. The van der Waals surface area contributed by atoms with Crippen molar-refractivity contribution in [2.24, 2.45) is 17.6 Å². The van der Waals surface area contributed by atoms with Crippen LogP contribution in [0.25, 0.3) is 0 Å². The van der Waals surface area contributed by atoms with Gasteiger partial charge in [0.05, 0.1) is 4.90 Å². The van der Waals surface area contributed by atoms with E-state index in [9.17, 15) is 8.42 Å². The Labute approximate surface area is 145 Å². The number of rotatable bonds is 2. The molecule has 0 aromatic heterocycles. The van der Waals surface area contributed by atoms with E-state index >= 15 is 0 Å². The summed E-state index contributed by atoms with van der Waals surface area (Å²) in [5.41, 5.74) is 9.01. The minimum atomic E-state index is -3.42. The third-order valence-electron chi connectivity index (χ3n) is 5.32. The average molecular weight is 359 g/mol. The Morgan fingerprint density at radius 3 is 2.26 bits per heavy atom. The van der Waals surface area contributed by atoms with Gasteiger partial charge in [0.2, 0.25) is 10.0 Å². The van der Waals surface area contributed by atoms with Crippen LogP contribution in [0.4, 0.5) is 0 Å². The van der Waals surface area contributed by atoms with Crippen LogP contribution in [0.1, 0.15) is 36.0 Å². The molecule has 2 aliphatic rings. The Morgan fingerprint density at radius 1 is 1.09 bits per heavy atom. The maximum atomic E-state index is 13.1. The lowest BCUT2D eigenvalue weighted by Crippen LogP contribution is -2.38. The summed E-state index contributed by atoms with van der Waals surface area (Å²) in [6, 6.07) is 4.06. The number of sulfonamides is 1. The lowest BCUT2D eigenvalue weighted by atomic mass is 9.78. The van der Waals surface area contributed by atoms with Crippen LogP contribution in [0.3, 0.4) is 0 Å². The normalized spacial score (nSPS) is 28.3. The SMILES string of the molecule is Cc1cc(C)c(S(=O)(=O)N2CC3CCCC(N)C3C2)c(C)c1.Cl. The van der Waals surface area contributed by atoms with Crippen molar-refractivity contribution in [3.8, 4) is 0 Å². The summed E-state index contributed by atoms with van der Waals surface area (Å²) in [6.07, 6.45) is 3.26. The smallest absolute Gasteiger partial charge is 0.243 e. The Hall–Kier alpha value is -0.620. The van der Waals surface area contributed by atoms with E-state index in [1.54, 1.807) is 4.31 Å². The highest BCUT2D eigenvalue weighted by atomic mass is 35.5. The van der Waals surface area contributed by atoms with Gasteiger partial charge in [0.1, 0.15) is 0 Å². The van der Waals surface area contributed by atoms with E-state index in [4.69, 9.17) is 5.73 Å². The Morgan fingerprint density at radius 2 is 1.70 bits per heavy atom. The first kappa shape index (κ1) is 18.7. The molecule has 3 atom stereocenters. The van der Waals surface area contributed by atoms with Crippen molar-refractivity contribution in [3.63, 3.8) is 0 Å². The van der Waals surface area contributed by atoms with Crippen LogP contribution in [-0.4, -0.2) is 31.9 Å². The van der Waals surface area contributed by atoms with Gasteiger partial charge in [0, 0.05) is 19.1 Å². The number of benzene rings is 1. The van der Waals surface area contributed by atoms with Crippen molar-refractivity contribution in [2.45, 2.75) is 51.0 Å². The molecular formula is C17H27ClN2O2S. The third kappa shape index (κ3) is 3.29. The Kier molecular flexibility index (Phi) is 5.46. The van der Waals surface area contributed by atoms with E-state index in [0.29, 0.717) is 29.8 Å². The summed E-state index contributed by atoms with van der Waals surface area (Å²) in [6.45, 7) is 7.00. The van der Waals surface area contributed by atoms with Crippen LogP contribution in [0, 0.1) is 32.6 Å². The second kappa shape index (κ2) is 6.71. The van der Waals surface area contributed by atoms with Crippen molar-refractivity contribution in [2.75, 3.05) is 13.1 Å². The van der Waals surface area contributed by atoms with Crippen LogP contribution in [0.5, 0.6) is 0 Å². The van der Waals surface area contributed by atoms with Crippen molar-refractivity contribution < 1.29 is 8.42 Å². The van der Waals surface area contributed by atoms with E-state index in [1.807, 2.05) is 32.9 Å². The highest BCUT2D eigenvalue weighted by Gasteiger charge is 2.43. The quantitative estimate of drug-likeness (QED) is 0.884. The molecule has 1 aromatic rings. The fourth-order valence-corrected chi connectivity index (χ4v) is 6.32. The molecule has 3 rings (SSSR count). The minimum absolute atomic E-state index is 0. The molecule has 0 amide bonds. The summed E-state index contributed by atoms with van der Waals surface area (Å²) in [4.78, 5) is 0.491. The molecule has 1 aliphatic heterocycles. The lowest BCUT2D eigenvalue weighted by Gasteiger charge is -2.29. The van der Waals surface area contributed by atoms with Crippen LogP contribution in [-0.2, 0) is 10.0 Å². The largest absolute Gasteiger partial charge is 0.327 e. The Balaban J connectivity index is 0.00000192. The molecular weight excluding hydrogens is 332 g/mol. The van der Waals surface area contributed by atoms with Gasteiger partial charge in [0.25, 0.3) is 0 Å². The number of nitrogens with two attached hydrogens (primary N) is 1. The number of hydrogen-bond acceptors (Lipinski definition) is 3. The summed E-state index contributed by atoms with van der Waals surface area (Å²) in [5, 5.41) is 0. The molecule has 0 bridgehead atoms. The fraction of sp³-hybridized carbons (Fsp3) is 0.647. The highest BCUT2D eigenvalue weighted by Crippen LogP contribution is 2.38. The van der Waals surface area contributed by atoms with Gasteiger partial charge in [0.15, 0.2) is 0 Å². The van der Waals surface area contributed by atoms with E-state index < -0.39 is 10.0 Å². The maximum absolute atomic E-state index is 13.1. The van der Waals surface area contributed by atoms with E-state index in [2.05, 4.69) is 0 Å². The second-order valence-corrected chi connectivity index (χ2v) is 8.94. The van der Waals surface area contributed by atoms with E-state index in [1.165, 1.54) is 0 Å². The van der Waals surface area contributed by atoms with Gasteiger partial charge in [-0.1, -0.05) is 24.1 Å². The van der Waals surface area contributed by atoms with Crippen molar-refractivity contribution in [1.29, 1.82) is 0 Å². The van der Waals surface area contributed by atoms with Crippen molar-refractivity contribution >= 4 is 22.4 Å². The molecule has 23 heavy (non-hydrogen) atoms. The summed E-state index contributed by atoms with van der Waals surface area (Å²) in [5.74, 6) is 0.763. The molecule has 1 saturated carbocycles. The predicted octanol–water partition coefficient (Wildman–Crippen LogP) is 2.78. The van der Waals surface area contributed by atoms with Gasteiger partial charge in [-0.25, -0.2) is 8.42 Å². The first-order valence-corrected chi connectivity index (χ1v) is 9.58. The predicted molar refractivity (Wildman–Crippen MR) is 95.5 cm³/mol. The van der Waals surface area contributed by atoms with Gasteiger partial charge in [-0.2, -0.15) is 4.31 Å². The van der Waals surface area contributed by atoms with E-state index in [-0.39, 0.29) is 18.4 Å². The first-order chi connectivity index (χ1) is 10.3.